The van der Waals surface area contributed by atoms with Gasteiger partial charge in [-0.1, -0.05) is 12.1 Å². The number of anilines is 3. The number of nitrogen functional groups attached to an aromatic ring is 1. The molecule has 0 aliphatic heterocycles. The first-order valence-corrected chi connectivity index (χ1v) is 7.16. The van der Waals surface area contributed by atoms with Gasteiger partial charge in [-0.05, 0) is 49.2 Å². The molecule has 2 aromatic heterocycles. The van der Waals surface area contributed by atoms with Gasteiger partial charge in [0.2, 0.25) is 5.88 Å². The minimum atomic E-state index is 0.309. The summed E-state index contributed by atoms with van der Waals surface area (Å²) in [7, 11) is 0. The highest BCUT2D eigenvalue weighted by atomic mass is 16.5. The van der Waals surface area contributed by atoms with Gasteiger partial charge in [-0.2, -0.15) is 4.98 Å². The average molecular weight is 307 g/mol. The number of pyridine rings is 1. The van der Waals surface area contributed by atoms with Gasteiger partial charge in [0.15, 0.2) is 5.82 Å². The lowest BCUT2D eigenvalue weighted by Gasteiger charge is -2.12. The summed E-state index contributed by atoms with van der Waals surface area (Å²) in [5.41, 5.74) is 8.67. The van der Waals surface area contributed by atoms with Crippen LogP contribution in [0, 0.1) is 13.8 Å². The smallest absolute Gasteiger partial charge is 0.248 e. The van der Waals surface area contributed by atoms with Crippen LogP contribution in [0.4, 0.5) is 17.3 Å². The second-order valence-corrected chi connectivity index (χ2v) is 5.21. The second kappa shape index (κ2) is 6.31. The zero-order valence-corrected chi connectivity index (χ0v) is 12.9. The molecule has 0 atom stereocenters. The number of nitrogens with one attached hydrogen (secondary N) is 1. The number of aryl methyl sites for hydroxylation is 2. The Morgan fingerprint density at radius 1 is 1.00 bits per heavy atom. The third-order valence-corrected chi connectivity index (χ3v) is 3.17. The van der Waals surface area contributed by atoms with E-state index >= 15 is 0 Å². The molecule has 0 saturated heterocycles. The predicted molar refractivity (Wildman–Crippen MR) is 90.0 cm³/mol. The van der Waals surface area contributed by atoms with E-state index < -0.39 is 0 Å². The summed E-state index contributed by atoms with van der Waals surface area (Å²) < 4.78 is 5.81. The van der Waals surface area contributed by atoms with Gasteiger partial charge in [-0.3, -0.25) is 0 Å². The Labute approximate surface area is 134 Å². The Morgan fingerprint density at radius 2 is 1.78 bits per heavy atom. The molecule has 3 aromatic rings. The van der Waals surface area contributed by atoms with E-state index in [-0.39, 0.29) is 0 Å². The van der Waals surface area contributed by atoms with Crippen LogP contribution < -0.4 is 15.8 Å². The summed E-state index contributed by atoms with van der Waals surface area (Å²) in [4.78, 5) is 12.4. The predicted octanol–water partition coefficient (Wildman–Crippen LogP) is 3.61. The molecule has 0 amide bonds. The van der Waals surface area contributed by atoms with E-state index in [4.69, 9.17) is 10.5 Å². The van der Waals surface area contributed by atoms with Gasteiger partial charge < -0.3 is 15.8 Å². The second-order valence-electron chi connectivity index (χ2n) is 5.21. The maximum atomic E-state index is 6.11. The van der Waals surface area contributed by atoms with Crippen molar-refractivity contribution in [2.45, 2.75) is 13.8 Å². The van der Waals surface area contributed by atoms with Crippen molar-refractivity contribution in [1.82, 2.24) is 15.0 Å². The quantitative estimate of drug-likeness (QED) is 0.766. The lowest BCUT2D eigenvalue weighted by atomic mass is 10.1. The van der Waals surface area contributed by atoms with Gasteiger partial charge >= 0.3 is 0 Å². The van der Waals surface area contributed by atoms with Crippen molar-refractivity contribution in [3.05, 3.63) is 60.0 Å². The number of hydrogen-bond acceptors (Lipinski definition) is 6. The summed E-state index contributed by atoms with van der Waals surface area (Å²) in [6, 6.07) is 11.5. The van der Waals surface area contributed by atoms with Crippen LogP contribution in [0.5, 0.6) is 11.6 Å². The first-order chi connectivity index (χ1) is 11.1. The molecule has 1 aromatic carbocycles. The third-order valence-electron chi connectivity index (χ3n) is 3.17. The standard InChI is InChI=1S/C17H17N5O/c1-11-7-12(2)9-13(8-11)23-17-15(18)16(20-10-21-17)22-14-5-3-4-6-19-14/h3-10H,18H2,1-2H3,(H,19,20,21,22). The number of nitrogens with zero attached hydrogens (tertiary/aromatic N) is 3. The molecule has 6 heteroatoms. The minimum Gasteiger partial charge on any atom is -0.437 e. The van der Waals surface area contributed by atoms with Crippen LogP contribution >= 0.6 is 0 Å². The van der Waals surface area contributed by atoms with E-state index in [0.717, 1.165) is 11.1 Å². The average Bonchev–Trinajstić information content (AvgIpc) is 2.51. The molecule has 0 fully saturated rings. The molecule has 0 bridgehead atoms. The number of hydrogen-bond donors (Lipinski definition) is 2. The Bertz CT molecular complexity index is 800. The van der Waals surface area contributed by atoms with Crippen LogP contribution in [0.15, 0.2) is 48.9 Å². The number of benzene rings is 1. The first kappa shape index (κ1) is 14.8. The molecule has 0 aliphatic carbocycles. The highest BCUT2D eigenvalue weighted by Gasteiger charge is 2.11. The Balaban J connectivity index is 1.87. The van der Waals surface area contributed by atoms with Crippen LogP contribution in [0.2, 0.25) is 0 Å². The van der Waals surface area contributed by atoms with Crippen LogP contribution in [0.1, 0.15) is 11.1 Å². The van der Waals surface area contributed by atoms with Crippen molar-refractivity contribution in [1.29, 1.82) is 0 Å². The van der Waals surface area contributed by atoms with Gasteiger partial charge in [0.05, 0.1) is 0 Å². The number of aromatic nitrogens is 3. The van der Waals surface area contributed by atoms with Gasteiger partial charge in [0.25, 0.3) is 0 Å². The zero-order chi connectivity index (χ0) is 16.2. The van der Waals surface area contributed by atoms with Gasteiger partial charge in [0, 0.05) is 6.20 Å². The van der Waals surface area contributed by atoms with Crippen molar-refractivity contribution >= 4 is 17.3 Å². The van der Waals surface area contributed by atoms with Crippen molar-refractivity contribution in [3.8, 4) is 11.6 Å². The molecule has 3 rings (SSSR count). The van der Waals surface area contributed by atoms with E-state index in [1.807, 2.05) is 44.2 Å². The van der Waals surface area contributed by atoms with Crippen LogP contribution in [-0.4, -0.2) is 15.0 Å². The summed E-state index contributed by atoms with van der Waals surface area (Å²) in [6.07, 6.45) is 3.09. The SMILES string of the molecule is Cc1cc(C)cc(Oc2ncnc(Nc3ccccn3)c2N)c1. The maximum absolute atomic E-state index is 6.11. The zero-order valence-electron chi connectivity index (χ0n) is 12.9. The molecule has 2 heterocycles. The van der Waals surface area contributed by atoms with E-state index in [1.165, 1.54) is 6.33 Å². The summed E-state index contributed by atoms with van der Waals surface area (Å²) in [5, 5.41) is 3.05. The summed E-state index contributed by atoms with van der Waals surface area (Å²) in [5.74, 6) is 2.11. The number of nitrogens with two attached hydrogens (primary N) is 1. The normalized spacial score (nSPS) is 10.3. The highest BCUT2D eigenvalue weighted by Crippen LogP contribution is 2.31. The molecule has 0 spiro atoms. The van der Waals surface area contributed by atoms with Crippen molar-refractivity contribution in [2.75, 3.05) is 11.1 Å². The Hall–Kier alpha value is -3.15. The highest BCUT2D eigenvalue weighted by molar-refractivity contribution is 5.71. The molecule has 0 saturated carbocycles. The van der Waals surface area contributed by atoms with E-state index in [9.17, 15) is 0 Å². The Morgan fingerprint density at radius 3 is 2.48 bits per heavy atom. The van der Waals surface area contributed by atoms with Crippen molar-refractivity contribution in [3.63, 3.8) is 0 Å². The third kappa shape index (κ3) is 3.55. The molecule has 23 heavy (non-hydrogen) atoms. The first-order valence-electron chi connectivity index (χ1n) is 7.16. The van der Waals surface area contributed by atoms with Crippen molar-refractivity contribution in [2.24, 2.45) is 0 Å². The van der Waals surface area contributed by atoms with Crippen LogP contribution in [0.25, 0.3) is 0 Å². The molecular weight excluding hydrogens is 290 g/mol. The maximum Gasteiger partial charge on any atom is 0.248 e. The topological polar surface area (TPSA) is 86.0 Å². The van der Waals surface area contributed by atoms with E-state index in [2.05, 4.69) is 26.3 Å². The lowest BCUT2D eigenvalue weighted by Crippen LogP contribution is -2.04. The molecule has 3 N–H and O–H groups in total. The lowest BCUT2D eigenvalue weighted by molar-refractivity contribution is 0.464. The van der Waals surface area contributed by atoms with Crippen LogP contribution in [0.3, 0.4) is 0 Å². The van der Waals surface area contributed by atoms with E-state index in [1.54, 1.807) is 6.20 Å². The largest absolute Gasteiger partial charge is 0.437 e. The van der Waals surface area contributed by atoms with Crippen LogP contribution in [-0.2, 0) is 0 Å². The molecule has 0 unspecified atom stereocenters. The summed E-state index contributed by atoms with van der Waals surface area (Å²) >= 11 is 0. The fourth-order valence-corrected chi connectivity index (χ4v) is 2.22. The van der Waals surface area contributed by atoms with Gasteiger partial charge in [-0.25, -0.2) is 9.97 Å². The number of ether oxygens (including phenoxy) is 1. The molecular formula is C17H17N5O. The Kier molecular flexibility index (Phi) is 4.05. The molecule has 116 valence electrons. The molecule has 0 aliphatic rings. The number of rotatable bonds is 4. The monoisotopic (exact) mass is 307 g/mol. The fourth-order valence-electron chi connectivity index (χ4n) is 2.22. The molecule has 0 radical (unpaired) electrons. The van der Waals surface area contributed by atoms with E-state index in [0.29, 0.717) is 29.0 Å². The van der Waals surface area contributed by atoms with Crippen molar-refractivity contribution < 1.29 is 4.74 Å². The molecule has 6 nitrogen and oxygen atoms in total. The van der Waals surface area contributed by atoms with Gasteiger partial charge in [0.1, 0.15) is 23.6 Å². The summed E-state index contributed by atoms with van der Waals surface area (Å²) in [6.45, 7) is 4.02. The minimum absolute atomic E-state index is 0.309. The van der Waals surface area contributed by atoms with Gasteiger partial charge in [-0.15, -0.1) is 0 Å². The fraction of sp³-hybridized carbons (Fsp3) is 0.118.